The molecule has 2 N–H and O–H groups in total. The predicted molar refractivity (Wildman–Crippen MR) is 93.7 cm³/mol. The van der Waals surface area contributed by atoms with E-state index in [0.29, 0.717) is 16.9 Å². The summed E-state index contributed by atoms with van der Waals surface area (Å²) >= 11 is 0. The van der Waals surface area contributed by atoms with Crippen LogP contribution in [0.5, 0.6) is 5.75 Å². The van der Waals surface area contributed by atoms with Gasteiger partial charge in [-0.25, -0.2) is 8.42 Å². The second kappa shape index (κ2) is 6.49. The Morgan fingerprint density at radius 1 is 0.963 bits per heavy atom. The van der Waals surface area contributed by atoms with Gasteiger partial charge in [-0.1, -0.05) is 24.3 Å². The first-order chi connectivity index (χ1) is 12.6. The summed E-state index contributed by atoms with van der Waals surface area (Å²) in [6.07, 6.45) is -2.63. The van der Waals surface area contributed by atoms with E-state index in [0.717, 1.165) is 12.5 Å². The summed E-state index contributed by atoms with van der Waals surface area (Å²) in [4.78, 5) is 0.0816. The van der Waals surface area contributed by atoms with Gasteiger partial charge in [0.2, 0.25) is 0 Å². The van der Waals surface area contributed by atoms with E-state index in [1.807, 2.05) is 0 Å². The number of sulfone groups is 1. The van der Waals surface area contributed by atoms with E-state index in [4.69, 9.17) is 4.74 Å². The van der Waals surface area contributed by atoms with Crippen molar-refractivity contribution < 1.29 is 26.3 Å². The van der Waals surface area contributed by atoms with Crippen molar-refractivity contribution >= 4 is 9.84 Å². The Balaban J connectivity index is 2.08. The van der Waals surface area contributed by atoms with Gasteiger partial charge in [-0.15, -0.1) is 0 Å². The fourth-order valence-electron chi connectivity index (χ4n) is 2.88. The van der Waals surface area contributed by atoms with Crippen molar-refractivity contribution in [2.45, 2.75) is 16.7 Å². The number of nitrogens with one attached hydrogen (secondary N) is 2. The lowest BCUT2D eigenvalue weighted by atomic mass is 9.91. The molecule has 0 aliphatic carbocycles. The zero-order valence-electron chi connectivity index (χ0n) is 14.5. The zero-order valence-corrected chi connectivity index (χ0v) is 15.3. The fraction of sp³-hybridized carbons (Fsp3) is 0.222. The third-order valence-electron chi connectivity index (χ3n) is 4.30. The summed E-state index contributed by atoms with van der Waals surface area (Å²) in [5.41, 5.74) is -1.39. The van der Waals surface area contributed by atoms with Gasteiger partial charge in [0.25, 0.3) is 0 Å². The monoisotopic (exact) mass is 398 g/mol. The van der Waals surface area contributed by atoms with Gasteiger partial charge >= 0.3 is 6.18 Å². The van der Waals surface area contributed by atoms with Crippen molar-refractivity contribution in [1.82, 2.24) is 10.6 Å². The van der Waals surface area contributed by atoms with Gasteiger partial charge in [0.15, 0.2) is 15.5 Å². The number of methoxy groups -OCH3 is 1. The van der Waals surface area contributed by atoms with Gasteiger partial charge in [0.05, 0.1) is 12.0 Å². The Morgan fingerprint density at radius 3 is 1.89 bits per heavy atom. The molecule has 0 bridgehead atoms. The van der Waals surface area contributed by atoms with Gasteiger partial charge in [0.1, 0.15) is 11.4 Å². The molecule has 5 nitrogen and oxygen atoms in total. The number of rotatable bonds is 4. The van der Waals surface area contributed by atoms with Crippen molar-refractivity contribution in [2.75, 3.05) is 13.4 Å². The summed E-state index contributed by atoms with van der Waals surface area (Å²) in [6.45, 7) is 0. The molecule has 2 aromatic carbocycles. The average Bonchev–Trinajstić information content (AvgIpc) is 3.08. The van der Waals surface area contributed by atoms with Crippen LogP contribution in [0.3, 0.4) is 0 Å². The molecular weight excluding hydrogens is 381 g/mol. The van der Waals surface area contributed by atoms with E-state index >= 15 is 0 Å². The molecule has 1 aliphatic heterocycles. The van der Waals surface area contributed by atoms with E-state index in [1.165, 1.54) is 31.4 Å². The third kappa shape index (κ3) is 3.59. The third-order valence-corrected chi connectivity index (χ3v) is 5.43. The van der Waals surface area contributed by atoms with Crippen LogP contribution in [0, 0.1) is 0 Å². The molecule has 2 aromatic rings. The Morgan fingerprint density at radius 2 is 1.48 bits per heavy atom. The Kier molecular flexibility index (Phi) is 4.59. The molecule has 0 saturated heterocycles. The van der Waals surface area contributed by atoms with Crippen molar-refractivity contribution in [2.24, 2.45) is 0 Å². The zero-order chi connectivity index (χ0) is 19.9. The van der Waals surface area contributed by atoms with Crippen LogP contribution in [-0.2, 0) is 15.5 Å². The predicted octanol–water partition coefficient (Wildman–Crippen LogP) is 2.90. The molecule has 0 saturated carbocycles. The normalized spacial score (nSPS) is 19.8. The van der Waals surface area contributed by atoms with Gasteiger partial charge < -0.3 is 15.4 Å². The van der Waals surface area contributed by atoms with Crippen LogP contribution in [0.25, 0.3) is 0 Å². The van der Waals surface area contributed by atoms with Crippen molar-refractivity contribution in [3.8, 4) is 5.75 Å². The van der Waals surface area contributed by atoms with Gasteiger partial charge in [0, 0.05) is 23.6 Å². The molecule has 0 amide bonds. The molecule has 1 atom stereocenters. The lowest BCUT2D eigenvalue weighted by Crippen LogP contribution is -2.48. The Labute approximate surface area is 154 Å². The number of alkyl halides is 3. The van der Waals surface area contributed by atoms with Crippen LogP contribution in [0.1, 0.15) is 11.1 Å². The highest BCUT2D eigenvalue weighted by Crippen LogP contribution is 2.37. The Bertz CT molecular complexity index is 968. The highest BCUT2D eigenvalue weighted by molar-refractivity contribution is 7.90. The maximum absolute atomic E-state index is 13.2. The van der Waals surface area contributed by atoms with Crippen LogP contribution in [0.15, 0.2) is 65.3 Å². The molecule has 3 rings (SSSR count). The smallest absolute Gasteiger partial charge is 0.432 e. The maximum atomic E-state index is 13.2. The first-order valence-electron chi connectivity index (χ1n) is 7.85. The molecule has 0 fully saturated rings. The topological polar surface area (TPSA) is 67.4 Å². The van der Waals surface area contributed by atoms with Crippen molar-refractivity contribution in [1.29, 1.82) is 0 Å². The summed E-state index contributed by atoms with van der Waals surface area (Å²) in [7, 11) is -1.93. The lowest BCUT2D eigenvalue weighted by molar-refractivity contribution is -0.0972. The summed E-state index contributed by atoms with van der Waals surface area (Å²) in [6, 6.07) is 12.2. The van der Waals surface area contributed by atoms with Crippen molar-refractivity contribution in [3.05, 3.63) is 71.6 Å². The van der Waals surface area contributed by atoms with Gasteiger partial charge in [-0.3, -0.25) is 0 Å². The largest absolute Gasteiger partial charge is 0.497 e. The second-order valence-electron chi connectivity index (χ2n) is 6.10. The highest BCUT2D eigenvalue weighted by atomic mass is 32.2. The SMILES string of the molecule is COc1ccc(C2(c3ccc(S(C)(=O)=O)cc3)NC=C(C(F)(F)F)N2)cc1. The quantitative estimate of drug-likeness (QED) is 0.829. The maximum Gasteiger partial charge on any atom is 0.432 e. The molecular formula is C18H17F3N2O3S. The average molecular weight is 398 g/mol. The summed E-state index contributed by atoms with van der Waals surface area (Å²) in [5.74, 6) is 0.559. The first-order valence-corrected chi connectivity index (χ1v) is 9.74. The van der Waals surface area contributed by atoms with E-state index in [-0.39, 0.29) is 4.90 Å². The molecule has 0 radical (unpaired) electrons. The van der Waals surface area contributed by atoms with Gasteiger partial charge in [-0.05, 0) is 24.3 Å². The molecule has 0 spiro atoms. The summed E-state index contributed by atoms with van der Waals surface area (Å²) < 4.78 is 68.0. The van der Waals surface area contributed by atoms with E-state index < -0.39 is 27.4 Å². The van der Waals surface area contributed by atoms with Crippen LogP contribution in [0.4, 0.5) is 13.2 Å². The van der Waals surface area contributed by atoms with E-state index in [1.54, 1.807) is 24.3 Å². The first kappa shape index (κ1) is 19.1. The summed E-state index contributed by atoms with van der Waals surface area (Å²) in [5, 5.41) is 5.28. The van der Waals surface area contributed by atoms with Crippen LogP contribution in [-0.4, -0.2) is 28.0 Å². The van der Waals surface area contributed by atoms with E-state index in [9.17, 15) is 21.6 Å². The number of ether oxygens (including phenoxy) is 1. The minimum atomic E-state index is -4.56. The van der Waals surface area contributed by atoms with Crippen LogP contribution >= 0.6 is 0 Å². The number of hydrogen-bond donors (Lipinski definition) is 2. The lowest BCUT2D eigenvalue weighted by Gasteiger charge is -2.33. The van der Waals surface area contributed by atoms with Crippen LogP contribution in [0.2, 0.25) is 0 Å². The number of hydrogen-bond acceptors (Lipinski definition) is 5. The van der Waals surface area contributed by atoms with Gasteiger partial charge in [-0.2, -0.15) is 13.2 Å². The molecule has 1 aliphatic rings. The van der Waals surface area contributed by atoms with Crippen molar-refractivity contribution in [3.63, 3.8) is 0 Å². The standard InChI is InChI=1S/C18H17F3N2O3S/c1-26-14-7-3-12(4-8-14)17(22-11-16(23-17)18(19,20)21)13-5-9-15(10-6-13)27(2,24)25/h3-11,22-23H,1-2H3. The molecule has 27 heavy (non-hydrogen) atoms. The molecule has 1 unspecified atom stereocenters. The molecule has 1 heterocycles. The highest BCUT2D eigenvalue weighted by Gasteiger charge is 2.46. The Hall–Kier alpha value is -2.68. The van der Waals surface area contributed by atoms with E-state index in [2.05, 4.69) is 10.6 Å². The number of allylic oxidation sites excluding steroid dienone is 1. The fourth-order valence-corrected chi connectivity index (χ4v) is 3.51. The second-order valence-corrected chi connectivity index (χ2v) is 8.12. The molecule has 144 valence electrons. The number of halogens is 3. The molecule has 0 aromatic heterocycles. The molecule has 9 heteroatoms. The minimum absolute atomic E-state index is 0.0816. The van der Waals surface area contributed by atoms with Crippen LogP contribution < -0.4 is 15.4 Å². The minimum Gasteiger partial charge on any atom is -0.497 e. The number of benzene rings is 2.